The number of piperidine rings is 1. The minimum absolute atomic E-state index is 0.112. The van der Waals surface area contributed by atoms with Gasteiger partial charge in [0.15, 0.2) is 0 Å². The van der Waals surface area contributed by atoms with E-state index in [1.54, 1.807) is 0 Å². The van der Waals surface area contributed by atoms with Crippen LogP contribution in [-0.4, -0.2) is 56.2 Å². The molecule has 5 nitrogen and oxygen atoms in total. The molecule has 1 saturated heterocycles. The summed E-state index contributed by atoms with van der Waals surface area (Å²) in [6.45, 7) is 5.44. The summed E-state index contributed by atoms with van der Waals surface area (Å²) in [5.41, 5.74) is 5.45. The number of hydrogen-bond acceptors (Lipinski definition) is 4. The van der Waals surface area contributed by atoms with E-state index >= 15 is 0 Å². The first-order valence-electron chi connectivity index (χ1n) is 6.43. The van der Waals surface area contributed by atoms with E-state index in [9.17, 15) is 4.79 Å². The zero-order valence-corrected chi connectivity index (χ0v) is 10.9. The van der Waals surface area contributed by atoms with Crippen molar-refractivity contribution in [3.8, 4) is 0 Å². The molecule has 1 aliphatic rings. The highest BCUT2D eigenvalue weighted by molar-refractivity contribution is 5.81. The number of ether oxygens (including phenoxy) is 1. The molecule has 0 aromatic carbocycles. The molecule has 2 atom stereocenters. The van der Waals surface area contributed by atoms with Crippen molar-refractivity contribution in [2.24, 2.45) is 5.73 Å². The monoisotopic (exact) mass is 243 g/mol. The average Bonchev–Trinajstić information content (AvgIpc) is 2.31. The Bertz CT molecular complexity index is 226. The summed E-state index contributed by atoms with van der Waals surface area (Å²) in [7, 11) is 1.51. The SMILES string of the molecule is COC(CN)C(=O)NC(C)CN1CCCCC1. The zero-order chi connectivity index (χ0) is 12.7. The van der Waals surface area contributed by atoms with E-state index in [0.29, 0.717) is 0 Å². The molecule has 0 saturated carbocycles. The van der Waals surface area contributed by atoms with Crippen LogP contribution in [-0.2, 0) is 9.53 Å². The highest BCUT2D eigenvalue weighted by Gasteiger charge is 2.19. The second kappa shape index (κ2) is 7.63. The number of carbonyl (C=O) groups excluding carboxylic acids is 1. The standard InChI is InChI=1S/C12H25N3O2/c1-10(9-15-6-4-3-5-7-15)14-12(16)11(8-13)17-2/h10-11H,3-9,13H2,1-2H3,(H,14,16). The van der Waals surface area contributed by atoms with Crippen LogP contribution in [0.25, 0.3) is 0 Å². The van der Waals surface area contributed by atoms with Crippen LogP contribution in [0.1, 0.15) is 26.2 Å². The molecule has 3 N–H and O–H groups in total. The molecule has 2 unspecified atom stereocenters. The summed E-state index contributed by atoms with van der Waals surface area (Å²) in [5, 5.41) is 2.94. The van der Waals surface area contributed by atoms with Crippen LogP contribution in [0.3, 0.4) is 0 Å². The summed E-state index contributed by atoms with van der Waals surface area (Å²) >= 11 is 0. The van der Waals surface area contributed by atoms with Crippen molar-refractivity contribution < 1.29 is 9.53 Å². The van der Waals surface area contributed by atoms with Gasteiger partial charge in [-0.3, -0.25) is 4.79 Å². The van der Waals surface area contributed by atoms with Gasteiger partial charge in [-0.1, -0.05) is 6.42 Å². The predicted octanol–water partition coefficient (Wildman–Crippen LogP) is -0.0493. The lowest BCUT2D eigenvalue weighted by Gasteiger charge is -2.29. The van der Waals surface area contributed by atoms with Crippen molar-refractivity contribution in [3.63, 3.8) is 0 Å². The van der Waals surface area contributed by atoms with Gasteiger partial charge in [0.2, 0.25) is 0 Å². The molecule has 1 aliphatic heterocycles. The van der Waals surface area contributed by atoms with Gasteiger partial charge in [-0.15, -0.1) is 0 Å². The number of nitrogens with one attached hydrogen (secondary N) is 1. The highest BCUT2D eigenvalue weighted by atomic mass is 16.5. The van der Waals surface area contributed by atoms with E-state index in [4.69, 9.17) is 10.5 Å². The molecule has 5 heteroatoms. The molecule has 100 valence electrons. The Morgan fingerprint density at radius 1 is 1.41 bits per heavy atom. The maximum Gasteiger partial charge on any atom is 0.250 e. The Kier molecular flexibility index (Phi) is 6.47. The second-order valence-corrected chi connectivity index (χ2v) is 4.73. The maximum absolute atomic E-state index is 11.7. The van der Waals surface area contributed by atoms with E-state index < -0.39 is 6.10 Å². The van der Waals surface area contributed by atoms with Gasteiger partial charge >= 0.3 is 0 Å². The fourth-order valence-corrected chi connectivity index (χ4v) is 2.22. The molecule has 1 fully saturated rings. The van der Waals surface area contributed by atoms with Crippen molar-refractivity contribution in [1.29, 1.82) is 0 Å². The van der Waals surface area contributed by atoms with Crippen molar-refractivity contribution in [3.05, 3.63) is 0 Å². The van der Waals surface area contributed by atoms with Gasteiger partial charge in [0.25, 0.3) is 5.91 Å². The van der Waals surface area contributed by atoms with Gasteiger partial charge in [-0.2, -0.15) is 0 Å². The Hall–Kier alpha value is -0.650. The number of nitrogens with two attached hydrogens (primary N) is 1. The second-order valence-electron chi connectivity index (χ2n) is 4.73. The van der Waals surface area contributed by atoms with E-state index in [0.717, 1.165) is 19.6 Å². The lowest BCUT2D eigenvalue weighted by atomic mass is 10.1. The maximum atomic E-state index is 11.7. The van der Waals surface area contributed by atoms with Crippen molar-refractivity contribution >= 4 is 5.91 Å². The largest absolute Gasteiger partial charge is 0.370 e. The normalized spacial score (nSPS) is 20.9. The van der Waals surface area contributed by atoms with Crippen molar-refractivity contribution in [1.82, 2.24) is 10.2 Å². The van der Waals surface area contributed by atoms with Crippen LogP contribution in [0.5, 0.6) is 0 Å². The first-order valence-corrected chi connectivity index (χ1v) is 6.43. The molecule has 0 aromatic rings. The summed E-state index contributed by atoms with van der Waals surface area (Å²) in [5.74, 6) is -0.112. The molecular weight excluding hydrogens is 218 g/mol. The molecule has 17 heavy (non-hydrogen) atoms. The van der Waals surface area contributed by atoms with E-state index in [-0.39, 0.29) is 18.5 Å². The van der Waals surface area contributed by atoms with Crippen LogP contribution < -0.4 is 11.1 Å². The number of carbonyl (C=O) groups is 1. The van der Waals surface area contributed by atoms with Crippen molar-refractivity contribution in [2.45, 2.75) is 38.3 Å². The number of rotatable bonds is 6. The third kappa shape index (κ3) is 5.02. The smallest absolute Gasteiger partial charge is 0.250 e. The van der Waals surface area contributed by atoms with Gasteiger partial charge in [0, 0.05) is 26.2 Å². The van der Waals surface area contributed by atoms with E-state index in [1.807, 2.05) is 6.92 Å². The molecule has 1 amide bonds. The number of methoxy groups -OCH3 is 1. The predicted molar refractivity (Wildman–Crippen MR) is 67.7 cm³/mol. The van der Waals surface area contributed by atoms with Crippen LogP contribution in [0.4, 0.5) is 0 Å². The third-order valence-electron chi connectivity index (χ3n) is 3.16. The lowest BCUT2D eigenvalue weighted by molar-refractivity contribution is -0.131. The molecule has 0 spiro atoms. The highest BCUT2D eigenvalue weighted by Crippen LogP contribution is 2.08. The fourth-order valence-electron chi connectivity index (χ4n) is 2.22. The quantitative estimate of drug-likeness (QED) is 0.686. The number of hydrogen-bond donors (Lipinski definition) is 2. The summed E-state index contributed by atoms with van der Waals surface area (Å²) in [4.78, 5) is 14.1. The van der Waals surface area contributed by atoms with Gasteiger partial charge in [0.05, 0.1) is 0 Å². The minimum Gasteiger partial charge on any atom is -0.370 e. The van der Waals surface area contributed by atoms with E-state index in [1.165, 1.54) is 26.4 Å². The summed E-state index contributed by atoms with van der Waals surface area (Å²) in [6, 6.07) is 0.143. The van der Waals surface area contributed by atoms with Gasteiger partial charge in [0.1, 0.15) is 6.10 Å². The first-order chi connectivity index (χ1) is 8.17. The minimum atomic E-state index is -0.529. The van der Waals surface area contributed by atoms with Crippen LogP contribution in [0.15, 0.2) is 0 Å². The molecule has 1 heterocycles. The topological polar surface area (TPSA) is 67.6 Å². The Balaban J connectivity index is 2.27. The van der Waals surface area contributed by atoms with Gasteiger partial charge in [-0.25, -0.2) is 0 Å². The fraction of sp³-hybridized carbons (Fsp3) is 0.917. The molecule has 0 aliphatic carbocycles. The van der Waals surface area contributed by atoms with Gasteiger partial charge in [-0.05, 0) is 32.9 Å². The van der Waals surface area contributed by atoms with Gasteiger partial charge < -0.3 is 20.7 Å². The van der Waals surface area contributed by atoms with Crippen LogP contribution in [0.2, 0.25) is 0 Å². The van der Waals surface area contributed by atoms with E-state index in [2.05, 4.69) is 10.2 Å². The molecule has 0 aromatic heterocycles. The van der Waals surface area contributed by atoms with Crippen LogP contribution in [0, 0.1) is 0 Å². The van der Waals surface area contributed by atoms with Crippen LogP contribution >= 0.6 is 0 Å². The Morgan fingerprint density at radius 3 is 2.59 bits per heavy atom. The number of likely N-dealkylation sites (tertiary alicyclic amines) is 1. The molecule has 1 rings (SSSR count). The molecular formula is C12H25N3O2. The Labute approximate surface area is 104 Å². The lowest BCUT2D eigenvalue weighted by Crippen LogP contribution is -2.48. The van der Waals surface area contributed by atoms with Crippen molar-refractivity contribution in [2.75, 3.05) is 33.3 Å². The Morgan fingerprint density at radius 2 is 2.06 bits per heavy atom. The molecule has 0 bridgehead atoms. The third-order valence-corrected chi connectivity index (χ3v) is 3.16. The average molecular weight is 243 g/mol. The number of amides is 1. The summed E-state index contributed by atoms with van der Waals surface area (Å²) in [6.07, 6.45) is 3.34. The number of nitrogens with zero attached hydrogens (tertiary/aromatic N) is 1. The first kappa shape index (κ1) is 14.4. The zero-order valence-electron chi connectivity index (χ0n) is 10.9. The summed E-state index contributed by atoms with van der Waals surface area (Å²) < 4.78 is 5.00. The molecule has 0 radical (unpaired) electrons.